The largest absolute Gasteiger partial charge is 0.478 e. The summed E-state index contributed by atoms with van der Waals surface area (Å²) in [7, 11) is 0. The second kappa shape index (κ2) is 5.06. The molecule has 0 N–H and O–H groups in total. The Kier molecular flexibility index (Phi) is 4.67. The predicted octanol–water partition coefficient (Wildman–Crippen LogP) is 2.32. The van der Waals surface area contributed by atoms with Gasteiger partial charge in [-0.1, -0.05) is 24.8 Å². The van der Waals surface area contributed by atoms with E-state index in [1.54, 1.807) is 0 Å². The monoisotopic (exact) mass is 159 g/mol. The van der Waals surface area contributed by atoms with Crippen LogP contribution in [0.3, 0.4) is 0 Å². The normalized spacial score (nSPS) is 10.8. The number of halogens is 1. The van der Waals surface area contributed by atoms with E-state index in [4.69, 9.17) is 16.3 Å². The molecule has 0 atom stereocenters. The zero-order valence-corrected chi connectivity index (χ0v) is 6.69. The average Bonchev–Trinajstić information content (AvgIpc) is 1.86. The van der Waals surface area contributed by atoms with Crippen molar-refractivity contribution < 1.29 is 4.74 Å². The Balaban J connectivity index is 4.03. The van der Waals surface area contributed by atoms with Crippen LogP contribution in [0.15, 0.2) is 29.4 Å². The molecule has 0 amide bonds. The van der Waals surface area contributed by atoms with Crippen molar-refractivity contribution in [1.29, 1.82) is 0 Å². The maximum atomic E-state index is 5.38. The molecule has 0 aromatic heterocycles. The lowest BCUT2D eigenvalue weighted by Crippen LogP contribution is -1.99. The topological polar surface area (TPSA) is 21.6 Å². The highest BCUT2D eigenvalue weighted by atomic mass is 35.5. The van der Waals surface area contributed by atoms with E-state index in [2.05, 4.69) is 18.2 Å². The molecule has 10 heavy (non-hydrogen) atoms. The Bertz CT molecular complexity index is 163. The van der Waals surface area contributed by atoms with Gasteiger partial charge in [-0.15, -0.1) is 0 Å². The molecule has 0 radical (unpaired) electrons. The molecule has 0 unspecified atom stereocenters. The van der Waals surface area contributed by atoms with Crippen LogP contribution in [0.5, 0.6) is 0 Å². The van der Waals surface area contributed by atoms with Gasteiger partial charge in [-0.05, 0) is 13.0 Å². The molecule has 0 saturated carbocycles. The minimum atomic E-state index is 0.198. The van der Waals surface area contributed by atoms with Crippen LogP contribution in [-0.4, -0.2) is 12.5 Å². The Morgan fingerprint density at radius 1 is 1.80 bits per heavy atom. The molecule has 0 fully saturated rings. The molecule has 3 heteroatoms. The summed E-state index contributed by atoms with van der Waals surface area (Å²) >= 11 is 5.38. The van der Waals surface area contributed by atoms with Crippen molar-refractivity contribution in [3.63, 3.8) is 0 Å². The molecule has 0 aliphatic carbocycles. The molecule has 56 valence electrons. The third-order valence-corrected chi connectivity index (χ3v) is 0.783. The second-order valence-corrected chi connectivity index (χ2v) is 1.90. The van der Waals surface area contributed by atoms with Gasteiger partial charge in [0.05, 0.1) is 6.61 Å². The van der Waals surface area contributed by atoms with Crippen LogP contribution < -0.4 is 0 Å². The summed E-state index contributed by atoms with van der Waals surface area (Å²) in [4.78, 5) is 3.73. The molecule has 0 aliphatic rings. The second-order valence-electron chi connectivity index (χ2n) is 1.46. The van der Waals surface area contributed by atoms with Crippen molar-refractivity contribution in [3.8, 4) is 0 Å². The average molecular weight is 160 g/mol. The third-order valence-electron chi connectivity index (χ3n) is 0.698. The fraction of sp³-hybridized carbons (Fsp3) is 0.286. The van der Waals surface area contributed by atoms with E-state index < -0.39 is 0 Å². The van der Waals surface area contributed by atoms with Crippen LogP contribution in [0.4, 0.5) is 0 Å². The summed E-state index contributed by atoms with van der Waals surface area (Å²) in [5, 5.41) is 0.198. The molecule has 0 saturated heterocycles. The molecule has 2 nitrogen and oxygen atoms in total. The zero-order chi connectivity index (χ0) is 7.98. The molecule has 0 aromatic carbocycles. The van der Waals surface area contributed by atoms with Crippen LogP contribution in [-0.2, 0) is 4.74 Å². The highest BCUT2D eigenvalue weighted by Gasteiger charge is 1.90. The van der Waals surface area contributed by atoms with Crippen molar-refractivity contribution in [2.75, 3.05) is 6.61 Å². The minimum absolute atomic E-state index is 0.198. The third kappa shape index (κ3) is 4.15. The van der Waals surface area contributed by atoms with Crippen LogP contribution in [0.2, 0.25) is 0 Å². The van der Waals surface area contributed by atoms with E-state index in [9.17, 15) is 0 Å². The number of hydrogen-bond donors (Lipinski definition) is 0. The predicted molar refractivity (Wildman–Crippen MR) is 44.3 cm³/mol. The molecule has 0 rings (SSSR count). The van der Waals surface area contributed by atoms with E-state index in [0.29, 0.717) is 12.5 Å². The number of rotatable bonds is 3. The molecule has 0 aromatic rings. The summed E-state index contributed by atoms with van der Waals surface area (Å²) in [6.07, 6.45) is 1.48. The molecule has 0 bridgehead atoms. The lowest BCUT2D eigenvalue weighted by atomic mass is 10.6. The summed E-state index contributed by atoms with van der Waals surface area (Å²) in [5.41, 5.74) is 0. The van der Waals surface area contributed by atoms with Gasteiger partial charge >= 0.3 is 0 Å². The molecular formula is C7H10ClNO. The van der Waals surface area contributed by atoms with E-state index in [1.165, 1.54) is 6.08 Å². The molecule has 0 aliphatic heterocycles. The number of nitrogens with zero attached hydrogens (tertiary/aromatic N) is 1. The smallest absolute Gasteiger partial charge is 0.213 e. The van der Waals surface area contributed by atoms with E-state index in [0.717, 1.165) is 0 Å². The van der Waals surface area contributed by atoms with Crippen molar-refractivity contribution in [2.24, 2.45) is 4.99 Å². The van der Waals surface area contributed by atoms with Gasteiger partial charge in [-0.25, -0.2) is 4.99 Å². The molecular weight excluding hydrogens is 150 g/mol. The van der Waals surface area contributed by atoms with Crippen molar-refractivity contribution in [2.45, 2.75) is 6.92 Å². The van der Waals surface area contributed by atoms with Crippen molar-refractivity contribution >= 4 is 17.5 Å². The maximum Gasteiger partial charge on any atom is 0.213 e. The van der Waals surface area contributed by atoms with Crippen LogP contribution in [0, 0.1) is 0 Å². The van der Waals surface area contributed by atoms with Gasteiger partial charge in [0.2, 0.25) is 5.90 Å². The standard InChI is InChI=1S/C7H10ClNO/c1-4-7(10-5-2)9-6(3)8/h4H,1,3,5H2,2H3/b9-7+. The molecule has 0 spiro atoms. The van der Waals surface area contributed by atoms with Crippen LogP contribution >= 0.6 is 11.6 Å². The summed E-state index contributed by atoms with van der Waals surface area (Å²) in [6, 6.07) is 0. The Labute approximate surface area is 65.9 Å². The fourth-order valence-corrected chi connectivity index (χ4v) is 0.488. The van der Waals surface area contributed by atoms with Crippen molar-refractivity contribution in [3.05, 3.63) is 24.4 Å². The van der Waals surface area contributed by atoms with Gasteiger partial charge in [-0.3, -0.25) is 0 Å². The Morgan fingerprint density at radius 2 is 2.40 bits per heavy atom. The van der Waals surface area contributed by atoms with Gasteiger partial charge < -0.3 is 4.74 Å². The highest BCUT2D eigenvalue weighted by Crippen LogP contribution is 1.99. The van der Waals surface area contributed by atoms with Gasteiger partial charge in [0.1, 0.15) is 5.16 Å². The van der Waals surface area contributed by atoms with Gasteiger partial charge in [-0.2, -0.15) is 0 Å². The first-order valence-corrected chi connectivity index (χ1v) is 3.26. The Hall–Kier alpha value is -0.760. The Morgan fingerprint density at radius 3 is 2.70 bits per heavy atom. The first kappa shape index (κ1) is 9.24. The van der Waals surface area contributed by atoms with Gasteiger partial charge in [0.15, 0.2) is 0 Å². The minimum Gasteiger partial charge on any atom is -0.478 e. The fourth-order valence-electron chi connectivity index (χ4n) is 0.404. The maximum absolute atomic E-state index is 5.38. The van der Waals surface area contributed by atoms with Gasteiger partial charge in [0, 0.05) is 0 Å². The van der Waals surface area contributed by atoms with Gasteiger partial charge in [0.25, 0.3) is 0 Å². The van der Waals surface area contributed by atoms with Crippen molar-refractivity contribution in [1.82, 2.24) is 0 Å². The first-order valence-electron chi connectivity index (χ1n) is 2.89. The summed E-state index contributed by atoms with van der Waals surface area (Å²) in [6.45, 7) is 9.26. The zero-order valence-electron chi connectivity index (χ0n) is 5.93. The number of aliphatic imine (C=N–C) groups is 1. The van der Waals surface area contributed by atoms with Crippen LogP contribution in [0.1, 0.15) is 6.92 Å². The van der Waals surface area contributed by atoms with E-state index in [-0.39, 0.29) is 5.16 Å². The quantitative estimate of drug-likeness (QED) is 0.352. The number of ether oxygens (including phenoxy) is 1. The SMILES string of the molecule is C=C/C(=N\C(=C)Cl)OCC. The lowest BCUT2D eigenvalue weighted by Gasteiger charge is -1.99. The number of hydrogen-bond acceptors (Lipinski definition) is 2. The van der Waals surface area contributed by atoms with E-state index >= 15 is 0 Å². The highest BCUT2D eigenvalue weighted by molar-refractivity contribution is 6.29. The first-order chi connectivity index (χ1) is 4.70. The molecule has 0 heterocycles. The van der Waals surface area contributed by atoms with E-state index in [1.807, 2.05) is 6.92 Å². The van der Waals surface area contributed by atoms with Crippen LogP contribution in [0.25, 0.3) is 0 Å². The lowest BCUT2D eigenvalue weighted by molar-refractivity contribution is 0.330. The summed E-state index contributed by atoms with van der Waals surface area (Å²) in [5.74, 6) is 0.405. The summed E-state index contributed by atoms with van der Waals surface area (Å²) < 4.78 is 4.99.